The first-order valence-corrected chi connectivity index (χ1v) is 8.08. The second-order valence-electron chi connectivity index (χ2n) is 5.56. The Morgan fingerprint density at radius 2 is 2.08 bits per heavy atom. The van der Waals surface area contributed by atoms with Gasteiger partial charge in [-0.3, -0.25) is 4.68 Å². The summed E-state index contributed by atoms with van der Waals surface area (Å²) in [5, 5.41) is 4.30. The number of carbonyl (C=O) groups excluding carboxylic acids is 1. The van der Waals surface area contributed by atoms with E-state index in [2.05, 4.69) is 18.1 Å². The quantitative estimate of drug-likeness (QED) is 0.445. The Balaban J connectivity index is 1.78. The lowest BCUT2D eigenvalue weighted by atomic mass is 10.2. The Kier molecular flexibility index (Phi) is 6.18. The molecule has 0 saturated carbocycles. The number of ether oxygens (including phenoxy) is 2. The predicted molar refractivity (Wildman–Crippen MR) is 94.0 cm³/mol. The van der Waals surface area contributed by atoms with E-state index in [0.717, 1.165) is 29.1 Å². The molecule has 0 amide bonds. The molecule has 1 aromatic carbocycles. The van der Waals surface area contributed by atoms with Crippen molar-refractivity contribution < 1.29 is 14.3 Å². The van der Waals surface area contributed by atoms with Crippen LogP contribution in [-0.2, 0) is 23.0 Å². The molecule has 2 rings (SSSR count). The maximum absolute atomic E-state index is 11.8. The van der Waals surface area contributed by atoms with Gasteiger partial charge >= 0.3 is 5.97 Å². The molecule has 0 aliphatic rings. The number of hydrogen-bond donors (Lipinski definition) is 0. The predicted octanol–water partition coefficient (Wildman–Crippen LogP) is 3.23. The van der Waals surface area contributed by atoms with Crippen molar-refractivity contribution in [3.8, 4) is 5.75 Å². The topological polar surface area (TPSA) is 53.4 Å². The molecule has 0 aliphatic heterocycles. The summed E-state index contributed by atoms with van der Waals surface area (Å²) in [4.78, 5) is 11.8. The first kappa shape index (κ1) is 17.8. The Morgan fingerprint density at radius 3 is 2.75 bits per heavy atom. The highest BCUT2D eigenvalue weighted by atomic mass is 16.6. The summed E-state index contributed by atoms with van der Waals surface area (Å²) in [5.74, 6) is 0.408. The van der Waals surface area contributed by atoms with E-state index in [-0.39, 0.29) is 12.6 Å². The lowest BCUT2D eigenvalue weighted by Gasteiger charge is -2.07. The molecule has 0 bridgehead atoms. The van der Waals surface area contributed by atoms with Gasteiger partial charge in [-0.1, -0.05) is 19.1 Å². The molecule has 24 heavy (non-hydrogen) atoms. The molecule has 0 unspecified atom stereocenters. The van der Waals surface area contributed by atoms with Gasteiger partial charge in [0, 0.05) is 24.4 Å². The van der Waals surface area contributed by atoms with Crippen molar-refractivity contribution in [3.63, 3.8) is 0 Å². The Labute approximate surface area is 142 Å². The second kappa shape index (κ2) is 8.34. The van der Waals surface area contributed by atoms with Crippen LogP contribution in [-0.4, -0.2) is 29.0 Å². The molecule has 5 nitrogen and oxygen atoms in total. The van der Waals surface area contributed by atoms with Crippen LogP contribution in [0.5, 0.6) is 5.75 Å². The van der Waals surface area contributed by atoms with Crippen LogP contribution >= 0.6 is 0 Å². The molecule has 0 radical (unpaired) electrons. The average molecular weight is 328 g/mol. The first-order chi connectivity index (χ1) is 11.5. The van der Waals surface area contributed by atoms with Gasteiger partial charge in [0.25, 0.3) is 0 Å². The minimum absolute atomic E-state index is 0.213. The van der Waals surface area contributed by atoms with Crippen molar-refractivity contribution in [1.82, 2.24) is 9.78 Å². The standard InChI is InChI=1S/C19H24N2O3/c1-5-16-7-6-8-17(13-16)23-11-12-24-19(22)10-9-18-14(2)20-21(4)15(18)3/h6-10,13H,5,11-12H2,1-4H3/b10-9+. The minimum atomic E-state index is -0.386. The maximum Gasteiger partial charge on any atom is 0.330 e. The lowest BCUT2D eigenvalue weighted by Crippen LogP contribution is -2.10. The van der Waals surface area contributed by atoms with E-state index in [1.165, 1.54) is 11.6 Å². The number of benzene rings is 1. The summed E-state index contributed by atoms with van der Waals surface area (Å²) in [6, 6.07) is 7.91. The highest BCUT2D eigenvalue weighted by Crippen LogP contribution is 2.14. The number of carbonyl (C=O) groups is 1. The third kappa shape index (κ3) is 4.72. The monoisotopic (exact) mass is 328 g/mol. The van der Waals surface area contributed by atoms with Gasteiger partial charge in [0.15, 0.2) is 0 Å². The van der Waals surface area contributed by atoms with Crippen LogP contribution in [0.25, 0.3) is 6.08 Å². The molecular weight excluding hydrogens is 304 g/mol. The smallest absolute Gasteiger partial charge is 0.330 e. The van der Waals surface area contributed by atoms with Gasteiger partial charge in [0.05, 0.1) is 5.69 Å². The third-order valence-electron chi connectivity index (χ3n) is 3.85. The normalized spacial score (nSPS) is 11.0. The second-order valence-corrected chi connectivity index (χ2v) is 5.56. The minimum Gasteiger partial charge on any atom is -0.490 e. The molecule has 0 saturated heterocycles. The largest absolute Gasteiger partial charge is 0.490 e. The van der Waals surface area contributed by atoms with Gasteiger partial charge < -0.3 is 9.47 Å². The number of hydrogen-bond acceptors (Lipinski definition) is 4. The number of nitrogens with zero attached hydrogens (tertiary/aromatic N) is 2. The number of esters is 1. The summed E-state index contributed by atoms with van der Waals surface area (Å²) in [6.45, 7) is 6.51. The summed E-state index contributed by atoms with van der Waals surface area (Å²) < 4.78 is 12.5. The molecule has 0 fully saturated rings. The van der Waals surface area contributed by atoms with Crippen LogP contribution < -0.4 is 4.74 Å². The van der Waals surface area contributed by atoms with E-state index in [9.17, 15) is 4.79 Å². The van der Waals surface area contributed by atoms with Gasteiger partial charge in [0.2, 0.25) is 0 Å². The van der Waals surface area contributed by atoms with Gasteiger partial charge in [-0.2, -0.15) is 5.10 Å². The van der Waals surface area contributed by atoms with Gasteiger partial charge in [0.1, 0.15) is 19.0 Å². The highest BCUT2D eigenvalue weighted by molar-refractivity contribution is 5.87. The first-order valence-electron chi connectivity index (χ1n) is 8.08. The lowest BCUT2D eigenvalue weighted by molar-refractivity contribution is -0.138. The molecule has 0 spiro atoms. The van der Waals surface area contributed by atoms with E-state index >= 15 is 0 Å². The van der Waals surface area contributed by atoms with Crippen molar-refractivity contribution >= 4 is 12.0 Å². The third-order valence-corrected chi connectivity index (χ3v) is 3.85. The van der Waals surface area contributed by atoms with Crippen LogP contribution in [0.1, 0.15) is 29.4 Å². The SMILES string of the molecule is CCc1cccc(OCCOC(=O)/C=C/c2c(C)nn(C)c2C)c1. The zero-order valence-electron chi connectivity index (χ0n) is 14.7. The number of rotatable bonds is 7. The highest BCUT2D eigenvalue weighted by Gasteiger charge is 2.06. The van der Waals surface area contributed by atoms with E-state index in [0.29, 0.717) is 6.61 Å². The van der Waals surface area contributed by atoms with Crippen molar-refractivity contribution in [2.24, 2.45) is 7.05 Å². The van der Waals surface area contributed by atoms with Crippen molar-refractivity contribution in [3.05, 3.63) is 52.9 Å². The fourth-order valence-electron chi connectivity index (χ4n) is 2.39. The van der Waals surface area contributed by atoms with E-state index < -0.39 is 0 Å². The number of aryl methyl sites for hydroxylation is 3. The maximum atomic E-state index is 11.8. The molecular formula is C19H24N2O3. The van der Waals surface area contributed by atoms with Crippen molar-refractivity contribution in [2.45, 2.75) is 27.2 Å². The van der Waals surface area contributed by atoms with Crippen LogP contribution in [0.2, 0.25) is 0 Å². The summed E-state index contributed by atoms with van der Waals surface area (Å²) in [5.41, 5.74) is 4.06. The fourth-order valence-corrected chi connectivity index (χ4v) is 2.39. The number of aromatic nitrogens is 2. The van der Waals surface area contributed by atoms with Crippen molar-refractivity contribution in [2.75, 3.05) is 13.2 Å². The van der Waals surface area contributed by atoms with E-state index in [4.69, 9.17) is 9.47 Å². The van der Waals surface area contributed by atoms with E-state index in [1.807, 2.05) is 39.1 Å². The Morgan fingerprint density at radius 1 is 1.29 bits per heavy atom. The molecule has 128 valence electrons. The molecule has 5 heteroatoms. The van der Waals surface area contributed by atoms with Gasteiger partial charge in [-0.15, -0.1) is 0 Å². The zero-order chi connectivity index (χ0) is 17.5. The Bertz CT molecular complexity index is 732. The van der Waals surface area contributed by atoms with Crippen LogP contribution in [0.15, 0.2) is 30.3 Å². The zero-order valence-corrected chi connectivity index (χ0v) is 14.7. The van der Waals surface area contributed by atoms with Crippen LogP contribution in [0.4, 0.5) is 0 Å². The van der Waals surface area contributed by atoms with E-state index in [1.54, 1.807) is 10.8 Å². The molecule has 0 aliphatic carbocycles. The fraction of sp³-hybridized carbons (Fsp3) is 0.368. The van der Waals surface area contributed by atoms with Gasteiger partial charge in [-0.05, 0) is 44.0 Å². The molecule has 0 N–H and O–H groups in total. The molecule has 1 aromatic heterocycles. The van der Waals surface area contributed by atoms with Crippen molar-refractivity contribution in [1.29, 1.82) is 0 Å². The van der Waals surface area contributed by atoms with Crippen LogP contribution in [0, 0.1) is 13.8 Å². The van der Waals surface area contributed by atoms with Crippen LogP contribution in [0.3, 0.4) is 0 Å². The summed E-state index contributed by atoms with van der Waals surface area (Å²) >= 11 is 0. The molecule has 1 heterocycles. The van der Waals surface area contributed by atoms with Gasteiger partial charge in [-0.25, -0.2) is 4.79 Å². The average Bonchev–Trinajstić information content (AvgIpc) is 2.82. The molecule has 2 aromatic rings. The summed E-state index contributed by atoms with van der Waals surface area (Å²) in [7, 11) is 1.88. The molecule has 0 atom stereocenters. The Hall–Kier alpha value is -2.56. The summed E-state index contributed by atoms with van der Waals surface area (Å²) in [6.07, 6.45) is 4.13.